The minimum Gasteiger partial charge on any atom is -0.374 e. The van der Waals surface area contributed by atoms with Crippen LogP contribution in [0.1, 0.15) is 38.1 Å². The molecule has 2 aliphatic rings. The molecule has 6 heteroatoms. The van der Waals surface area contributed by atoms with Gasteiger partial charge in [-0.15, -0.1) is 0 Å². The number of carbonyl (C=O) groups excluding carboxylic acids is 1. The quantitative estimate of drug-likeness (QED) is 0.914. The topological polar surface area (TPSA) is 67.0 Å². The first kappa shape index (κ1) is 14.0. The van der Waals surface area contributed by atoms with Gasteiger partial charge in [-0.3, -0.25) is 4.79 Å². The van der Waals surface area contributed by atoms with Crippen LogP contribution in [0.4, 0.5) is 0 Å². The zero-order chi connectivity index (χ0) is 15.3. The highest BCUT2D eigenvalue weighted by molar-refractivity contribution is 6.31. The summed E-state index contributed by atoms with van der Waals surface area (Å²) in [4.78, 5) is 20.2. The Balaban J connectivity index is 1.48. The zero-order valence-corrected chi connectivity index (χ0v) is 13.1. The number of benzene rings is 1. The van der Waals surface area contributed by atoms with Gasteiger partial charge < -0.3 is 15.0 Å². The highest BCUT2D eigenvalue weighted by Gasteiger charge is 2.44. The van der Waals surface area contributed by atoms with Crippen molar-refractivity contribution in [3.05, 3.63) is 29.0 Å². The summed E-state index contributed by atoms with van der Waals surface area (Å²) in [5.41, 5.74) is 1.73. The van der Waals surface area contributed by atoms with Crippen molar-refractivity contribution in [1.29, 1.82) is 0 Å². The Morgan fingerprint density at radius 3 is 3.09 bits per heavy atom. The third kappa shape index (κ3) is 2.38. The smallest absolute Gasteiger partial charge is 0.226 e. The minimum atomic E-state index is -0.169. The van der Waals surface area contributed by atoms with E-state index in [9.17, 15) is 4.79 Å². The van der Waals surface area contributed by atoms with Crippen LogP contribution in [0.25, 0.3) is 11.0 Å². The van der Waals surface area contributed by atoms with Crippen molar-refractivity contribution < 1.29 is 9.53 Å². The van der Waals surface area contributed by atoms with Crippen molar-refractivity contribution in [2.45, 2.75) is 44.4 Å². The number of carbonyl (C=O) groups is 1. The van der Waals surface area contributed by atoms with Gasteiger partial charge >= 0.3 is 0 Å². The summed E-state index contributed by atoms with van der Waals surface area (Å²) in [5.74, 6) is 0.799. The van der Waals surface area contributed by atoms with Gasteiger partial charge in [-0.2, -0.15) is 0 Å². The van der Waals surface area contributed by atoms with Gasteiger partial charge in [-0.1, -0.05) is 11.6 Å². The number of nitrogens with one attached hydrogen (secondary N) is 2. The first-order valence-corrected chi connectivity index (χ1v) is 8.09. The molecule has 4 atom stereocenters. The zero-order valence-electron chi connectivity index (χ0n) is 12.3. The number of halogens is 1. The summed E-state index contributed by atoms with van der Waals surface area (Å²) in [6.07, 6.45) is 3.32. The number of imidazole rings is 1. The molecule has 2 bridgehead atoms. The van der Waals surface area contributed by atoms with Crippen LogP contribution < -0.4 is 5.32 Å². The number of fused-ring (bicyclic) bond motifs is 3. The number of hydrogen-bond donors (Lipinski definition) is 2. The molecule has 5 nitrogen and oxygen atoms in total. The SMILES string of the molecule is CC(NC(=O)C1CC2CCC1O2)c1nc2ccc(Cl)cc2[nH]1. The van der Waals surface area contributed by atoms with Gasteiger partial charge in [0.15, 0.2) is 0 Å². The molecular weight excluding hydrogens is 302 g/mol. The molecule has 1 amide bonds. The maximum Gasteiger partial charge on any atom is 0.226 e. The van der Waals surface area contributed by atoms with E-state index in [2.05, 4.69) is 15.3 Å². The van der Waals surface area contributed by atoms with Crippen LogP contribution in [0.3, 0.4) is 0 Å². The lowest BCUT2D eigenvalue weighted by molar-refractivity contribution is -0.127. The van der Waals surface area contributed by atoms with E-state index >= 15 is 0 Å². The van der Waals surface area contributed by atoms with E-state index in [4.69, 9.17) is 16.3 Å². The van der Waals surface area contributed by atoms with Gasteiger partial charge in [0.2, 0.25) is 5.91 Å². The second-order valence-corrected chi connectivity index (χ2v) is 6.67. The first-order valence-electron chi connectivity index (χ1n) is 7.71. The number of aromatic amines is 1. The van der Waals surface area contributed by atoms with E-state index in [1.807, 2.05) is 25.1 Å². The number of hydrogen-bond acceptors (Lipinski definition) is 3. The Bertz CT molecular complexity index is 729. The average Bonchev–Trinajstić information content (AvgIpc) is 3.20. The van der Waals surface area contributed by atoms with Crippen molar-refractivity contribution in [1.82, 2.24) is 15.3 Å². The number of amides is 1. The summed E-state index contributed by atoms with van der Waals surface area (Å²) in [6.45, 7) is 1.94. The molecule has 2 aliphatic heterocycles. The summed E-state index contributed by atoms with van der Waals surface area (Å²) in [6, 6.07) is 5.35. The van der Waals surface area contributed by atoms with Gasteiger partial charge in [0.05, 0.1) is 35.2 Å². The van der Waals surface area contributed by atoms with Gasteiger partial charge in [0, 0.05) is 5.02 Å². The second kappa shape index (κ2) is 5.25. The summed E-state index contributed by atoms with van der Waals surface area (Å²) < 4.78 is 5.76. The van der Waals surface area contributed by atoms with Crippen molar-refractivity contribution in [2.75, 3.05) is 0 Å². The molecule has 2 aromatic rings. The van der Waals surface area contributed by atoms with Crippen LogP contribution in [0.2, 0.25) is 5.02 Å². The van der Waals surface area contributed by atoms with Crippen LogP contribution in [0.15, 0.2) is 18.2 Å². The maximum atomic E-state index is 12.4. The van der Waals surface area contributed by atoms with Gasteiger partial charge in [-0.05, 0) is 44.4 Å². The average molecular weight is 320 g/mol. The first-order chi connectivity index (χ1) is 10.6. The summed E-state index contributed by atoms with van der Waals surface area (Å²) in [7, 11) is 0. The minimum absolute atomic E-state index is 0.0139. The largest absolute Gasteiger partial charge is 0.374 e. The monoisotopic (exact) mass is 319 g/mol. The van der Waals surface area contributed by atoms with Crippen molar-refractivity contribution >= 4 is 28.5 Å². The van der Waals surface area contributed by atoms with E-state index in [1.54, 1.807) is 0 Å². The highest BCUT2D eigenvalue weighted by Crippen LogP contribution is 2.39. The fraction of sp³-hybridized carbons (Fsp3) is 0.500. The molecule has 1 aromatic carbocycles. The van der Waals surface area contributed by atoms with Crippen molar-refractivity contribution in [2.24, 2.45) is 5.92 Å². The number of nitrogens with zero attached hydrogens (tertiary/aromatic N) is 1. The number of rotatable bonds is 3. The molecule has 4 unspecified atom stereocenters. The fourth-order valence-electron chi connectivity index (χ4n) is 3.51. The molecule has 0 spiro atoms. The van der Waals surface area contributed by atoms with E-state index < -0.39 is 0 Å². The third-order valence-corrected chi connectivity index (χ3v) is 4.91. The summed E-state index contributed by atoms with van der Waals surface area (Å²) >= 11 is 5.98. The number of ether oxygens (including phenoxy) is 1. The lowest BCUT2D eigenvalue weighted by Gasteiger charge is -2.20. The van der Waals surface area contributed by atoms with Gasteiger partial charge in [0.25, 0.3) is 0 Å². The predicted octanol–water partition coefficient (Wildman–Crippen LogP) is 2.96. The van der Waals surface area contributed by atoms with Gasteiger partial charge in [0.1, 0.15) is 5.82 Å². The molecule has 22 heavy (non-hydrogen) atoms. The standard InChI is InChI=1S/C16H18ClN3O2/c1-8(15-19-12-4-2-9(17)6-13(12)20-15)18-16(21)11-7-10-3-5-14(11)22-10/h2,4,6,8,10-11,14H,3,5,7H2,1H3,(H,18,21)(H,19,20). The molecular formula is C16H18ClN3O2. The lowest BCUT2D eigenvalue weighted by atomic mass is 9.88. The molecule has 116 valence electrons. The van der Waals surface area contributed by atoms with Gasteiger partial charge in [-0.25, -0.2) is 4.98 Å². The Morgan fingerprint density at radius 1 is 1.50 bits per heavy atom. The Morgan fingerprint density at radius 2 is 2.36 bits per heavy atom. The van der Waals surface area contributed by atoms with E-state index in [1.165, 1.54) is 0 Å². The molecule has 3 heterocycles. The lowest BCUT2D eigenvalue weighted by Crippen LogP contribution is -2.37. The van der Waals surface area contributed by atoms with Crippen LogP contribution in [-0.4, -0.2) is 28.1 Å². The van der Waals surface area contributed by atoms with Crippen LogP contribution in [0.5, 0.6) is 0 Å². The normalized spacial score (nSPS) is 28.2. The fourth-order valence-corrected chi connectivity index (χ4v) is 3.68. The van der Waals surface area contributed by atoms with Crippen LogP contribution in [-0.2, 0) is 9.53 Å². The molecule has 4 rings (SSSR count). The summed E-state index contributed by atoms with van der Waals surface area (Å²) in [5, 5.41) is 3.72. The Hall–Kier alpha value is -1.59. The van der Waals surface area contributed by atoms with E-state index in [-0.39, 0.29) is 30.1 Å². The molecule has 2 N–H and O–H groups in total. The molecule has 2 saturated heterocycles. The van der Waals surface area contributed by atoms with E-state index in [0.717, 1.165) is 36.1 Å². The second-order valence-electron chi connectivity index (χ2n) is 6.23. The molecule has 0 radical (unpaired) electrons. The third-order valence-electron chi connectivity index (χ3n) is 4.67. The molecule has 0 saturated carbocycles. The molecule has 0 aliphatic carbocycles. The van der Waals surface area contributed by atoms with E-state index in [0.29, 0.717) is 5.02 Å². The predicted molar refractivity (Wildman–Crippen MR) is 83.7 cm³/mol. The highest BCUT2D eigenvalue weighted by atomic mass is 35.5. The van der Waals surface area contributed by atoms with Crippen LogP contribution >= 0.6 is 11.6 Å². The Kier molecular flexibility index (Phi) is 3.35. The van der Waals surface area contributed by atoms with Crippen molar-refractivity contribution in [3.8, 4) is 0 Å². The molecule has 2 fully saturated rings. The Labute approximate surface area is 133 Å². The number of H-pyrrole nitrogens is 1. The van der Waals surface area contributed by atoms with Crippen molar-refractivity contribution in [3.63, 3.8) is 0 Å². The van der Waals surface area contributed by atoms with Crippen LogP contribution in [0, 0.1) is 5.92 Å². The maximum absolute atomic E-state index is 12.4. The number of aromatic nitrogens is 2. The molecule has 1 aromatic heterocycles.